The summed E-state index contributed by atoms with van der Waals surface area (Å²) in [5.74, 6) is 0.704. The molecule has 8 nitrogen and oxygen atoms in total. The third-order valence-electron chi connectivity index (χ3n) is 7.30. The maximum atomic E-state index is 13.2. The smallest absolute Gasteiger partial charge is 0.270 e. The van der Waals surface area contributed by atoms with Crippen molar-refractivity contribution in [1.29, 1.82) is 0 Å². The fourth-order valence-electron chi connectivity index (χ4n) is 5.20. The van der Waals surface area contributed by atoms with E-state index in [1.54, 1.807) is 20.2 Å². The number of benzene rings is 1. The zero-order valence-electron chi connectivity index (χ0n) is 19.1. The quantitative estimate of drug-likeness (QED) is 0.534. The van der Waals surface area contributed by atoms with Gasteiger partial charge in [0.15, 0.2) is 0 Å². The van der Waals surface area contributed by atoms with Gasteiger partial charge in [-0.3, -0.25) is 14.2 Å². The van der Waals surface area contributed by atoms with Gasteiger partial charge in [0.25, 0.3) is 11.1 Å². The van der Waals surface area contributed by atoms with Crippen molar-refractivity contribution < 1.29 is 0 Å². The van der Waals surface area contributed by atoms with Crippen molar-refractivity contribution in [3.8, 4) is 0 Å². The molecule has 1 aromatic carbocycles. The summed E-state index contributed by atoms with van der Waals surface area (Å²) in [5, 5.41) is 0.248. The summed E-state index contributed by atoms with van der Waals surface area (Å²) in [4.78, 5) is 32.6. The second-order valence-electron chi connectivity index (χ2n) is 9.18. The van der Waals surface area contributed by atoms with Crippen LogP contribution < -0.4 is 27.5 Å². The van der Waals surface area contributed by atoms with Crippen molar-refractivity contribution in [2.75, 3.05) is 23.7 Å². The monoisotopic (exact) mass is 498 g/mol. The molecule has 0 saturated carbocycles. The number of piperidine rings is 1. The van der Waals surface area contributed by atoms with Crippen molar-refractivity contribution in [1.82, 2.24) is 14.1 Å². The van der Waals surface area contributed by atoms with E-state index in [1.807, 2.05) is 0 Å². The number of hydrogen-bond donors (Lipinski definition) is 2. The zero-order valence-corrected chi connectivity index (χ0v) is 20.7. The number of rotatable bonds is 3. The number of hydrogen-bond acceptors (Lipinski definition) is 7. The molecule has 3 heterocycles. The molecule has 1 saturated heterocycles. The Kier molecular flexibility index (Phi) is 5.74. The molecule has 0 radical (unpaired) electrons. The van der Waals surface area contributed by atoms with Crippen LogP contribution in [0, 0.1) is 5.41 Å². The average molecular weight is 499 g/mol. The van der Waals surface area contributed by atoms with Crippen LogP contribution in [-0.4, -0.2) is 27.2 Å². The SMILES string of the molecule is Cn1c(Cl)c(Sc2c(N)nc(N3CCC4(CC3)Cc3ccccc3[C@H]4N)n(C)c2=O)ccc1=O. The minimum atomic E-state index is -0.248. The van der Waals surface area contributed by atoms with Gasteiger partial charge in [-0.25, -0.2) is 0 Å². The highest BCUT2D eigenvalue weighted by Gasteiger charge is 2.46. The predicted molar refractivity (Wildman–Crippen MR) is 136 cm³/mol. The second kappa shape index (κ2) is 8.48. The molecule has 0 bridgehead atoms. The Morgan fingerprint density at radius 2 is 1.79 bits per heavy atom. The second-order valence-corrected chi connectivity index (χ2v) is 10.6. The highest BCUT2D eigenvalue weighted by molar-refractivity contribution is 7.99. The van der Waals surface area contributed by atoms with E-state index in [4.69, 9.17) is 23.1 Å². The van der Waals surface area contributed by atoms with Crippen LogP contribution in [0.1, 0.15) is 30.0 Å². The number of nitrogens with two attached hydrogens (primary N) is 2. The predicted octanol–water partition coefficient (Wildman–Crippen LogP) is 2.71. The number of halogens is 1. The van der Waals surface area contributed by atoms with Gasteiger partial charge in [0.05, 0.1) is 0 Å². The van der Waals surface area contributed by atoms with Gasteiger partial charge in [-0.1, -0.05) is 47.6 Å². The van der Waals surface area contributed by atoms with E-state index in [0.717, 1.165) is 44.1 Å². The van der Waals surface area contributed by atoms with Crippen molar-refractivity contribution in [3.05, 3.63) is 73.4 Å². The van der Waals surface area contributed by atoms with Crippen LogP contribution in [0.4, 0.5) is 11.8 Å². The summed E-state index contributed by atoms with van der Waals surface area (Å²) in [6, 6.07) is 11.5. The number of aromatic nitrogens is 3. The first-order valence-corrected chi connectivity index (χ1v) is 12.4. The molecule has 0 amide bonds. The van der Waals surface area contributed by atoms with Crippen LogP contribution in [0.15, 0.2) is 55.8 Å². The van der Waals surface area contributed by atoms with Gasteiger partial charge in [0, 0.05) is 44.2 Å². The van der Waals surface area contributed by atoms with Gasteiger partial charge in [0.1, 0.15) is 15.9 Å². The van der Waals surface area contributed by atoms with Crippen LogP contribution in [0.25, 0.3) is 0 Å². The maximum Gasteiger partial charge on any atom is 0.270 e. The van der Waals surface area contributed by atoms with Crippen LogP contribution in [0.5, 0.6) is 0 Å². The number of nitrogens with zero attached hydrogens (tertiary/aromatic N) is 4. The molecule has 2 aliphatic rings. The highest BCUT2D eigenvalue weighted by Crippen LogP contribution is 2.50. The lowest BCUT2D eigenvalue weighted by atomic mass is 9.73. The largest absolute Gasteiger partial charge is 0.382 e. The third kappa shape index (κ3) is 3.62. The molecule has 5 rings (SSSR count). The Labute approximate surface area is 206 Å². The van der Waals surface area contributed by atoms with Gasteiger partial charge in [-0.15, -0.1) is 0 Å². The Morgan fingerprint density at radius 1 is 1.09 bits per heavy atom. The molecule has 1 aliphatic heterocycles. The Bertz CT molecular complexity index is 1390. The first-order chi connectivity index (χ1) is 16.2. The first kappa shape index (κ1) is 23.0. The van der Waals surface area contributed by atoms with Crippen LogP contribution in [-0.2, 0) is 20.5 Å². The van der Waals surface area contributed by atoms with E-state index in [-0.39, 0.29) is 38.4 Å². The normalized spacial score (nSPS) is 18.9. The van der Waals surface area contributed by atoms with Crippen molar-refractivity contribution in [2.24, 2.45) is 25.2 Å². The molecule has 34 heavy (non-hydrogen) atoms. The van der Waals surface area contributed by atoms with Crippen LogP contribution in [0.3, 0.4) is 0 Å². The van der Waals surface area contributed by atoms with Crippen molar-refractivity contribution in [2.45, 2.75) is 35.1 Å². The van der Waals surface area contributed by atoms with Crippen molar-refractivity contribution >= 4 is 35.1 Å². The number of nitrogen functional groups attached to an aromatic ring is 1. The molecule has 1 atom stereocenters. The Balaban J connectivity index is 1.39. The summed E-state index contributed by atoms with van der Waals surface area (Å²) in [7, 11) is 3.29. The van der Waals surface area contributed by atoms with Gasteiger partial charge >= 0.3 is 0 Å². The lowest BCUT2D eigenvalue weighted by molar-refractivity contribution is 0.186. The van der Waals surface area contributed by atoms with Crippen molar-refractivity contribution in [3.63, 3.8) is 0 Å². The van der Waals surface area contributed by atoms with E-state index in [1.165, 1.54) is 26.3 Å². The van der Waals surface area contributed by atoms with E-state index in [9.17, 15) is 9.59 Å². The van der Waals surface area contributed by atoms with Crippen LogP contribution in [0.2, 0.25) is 5.15 Å². The van der Waals surface area contributed by atoms with Gasteiger partial charge < -0.3 is 20.9 Å². The molecule has 10 heteroatoms. The summed E-state index contributed by atoms with van der Waals surface area (Å²) in [5.41, 5.74) is 15.1. The zero-order chi connectivity index (χ0) is 24.2. The molecular formula is C24H27ClN6O2S. The number of fused-ring (bicyclic) bond motifs is 1. The maximum absolute atomic E-state index is 13.2. The molecule has 178 valence electrons. The van der Waals surface area contributed by atoms with E-state index in [0.29, 0.717) is 10.8 Å². The molecule has 2 aromatic heterocycles. The average Bonchev–Trinajstić information content (AvgIpc) is 3.10. The molecule has 1 aliphatic carbocycles. The molecule has 4 N–H and O–H groups in total. The Hall–Kier alpha value is -2.75. The lowest BCUT2D eigenvalue weighted by Crippen LogP contribution is -2.46. The standard InChI is InChI=1S/C24H27ClN6O2S/c1-29-17(32)8-7-16(20(29)25)34-18-21(27)28-23(30(2)22(18)33)31-11-9-24(10-12-31)13-14-5-3-4-6-15(14)19(24)26/h3-8,19H,9-13,26-27H2,1-2H3/t19-/m1/s1. The van der Waals surface area contributed by atoms with E-state index in [2.05, 4.69) is 34.1 Å². The van der Waals surface area contributed by atoms with Crippen LogP contribution >= 0.6 is 23.4 Å². The molecule has 1 spiro atoms. The van der Waals surface area contributed by atoms with E-state index < -0.39 is 0 Å². The molecular weight excluding hydrogens is 472 g/mol. The molecule has 3 aromatic rings. The Morgan fingerprint density at radius 3 is 2.50 bits per heavy atom. The highest BCUT2D eigenvalue weighted by atomic mass is 35.5. The fourth-order valence-corrected chi connectivity index (χ4v) is 6.41. The van der Waals surface area contributed by atoms with E-state index >= 15 is 0 Å². The minimum absolute atomic E-state index is 0.0260. The third-order valence-corrected chi connectivity index (χ3v) is 9.01. The molecule has 0 unspecified atom stereocenters. The summed E-state index contributed by atoms with van der Waals surface area (Å²) in [6.45, 7) is 1.50. The van der Waals surface area contributed by atoms with Gasteiger partial charge in [-0.05, 0) is 41.9 Å². The van der Waals surface area contributed by atoms with Gasteiger partial charge in [0.2, 0.25) is 5.95 Å². The minimum Gasteiger partial charge on any atom is -0.382 e. The number of anilines is 2. The summed E-state index contributed by atoms with van der Waals surface area (Å²) >= 11 is 7.42. The lowest BCUT2D eigenvalue weighted by Gasteiger charge is -2.42. The summed E-state index contributed by atoms with van der Waals surface area (Å²) in [6.07, 6.45) is 2.83. The topological polar surface area (TPSA) is 112 Å². The number of pyridine rings is 1. The van der Waals surface area contributed by atoms with Gasteiger partial charge in [-0.2, -0.15) is 4.98 Å². The first-order valence-electron chi connectivity index (χ1n) is 11.2. The molecule has 1 fully saturated rings. The summed E-state index contributed by atoms with van der Waals surface area (Å²) < 4.78 is 2.86. The fraction of sp³-hybridized carbons (Fsp3) is 0.375.